The summed E-state index contributed by atoms with van der Waals surface area (Å²) in [5.74, 6) is 0. The number of hydrogen-bond acceptors (Lipinski definition) is 3. The highest BCUT2D eigenvalue weighted by Gasteiger charge is 2.07. The van der Waals surface area contributed by atoms with E-state index in [9.17, 15) is 0 Å². The van der Waals surface area contributed by atoms with Crippen LogP contribution in [0.3, 0.4) is 0 Å². The molecule has 84 valence electrons. The third kappa shape index (κ3) is 2.05. The Morgan fingerprint density at radius 1 is 1.44 bits per heavy atom. The van der Waals surface area contributed by atoms with Crippen molar-refractivity contribution in [2.45, 2.75) is 19.9 Å². The number of fused-ring (bicyclic) bond motifs is 1. The molecule has 0 saturated carbocycles. The Morgan fingerprint density at radius 2 is 2.25 bits per heavy atom. The van der Waals surface area contributed by atoms with Crippen LogP contribution in [0.5, 0.6) is 0 Å². The van der Waals surface area contributed by atoms with Gasteiger partial charge in [0, 0.05) is 0 Å². The van der Waals surface area contributed by atoms with Gasteiger partial charge in [0.25, 0.3) is 0 Å². The van der Waals surface area contributed by atoms with Crippen LogP contribution >= 0.6 is 0 Å². The van der Waals surface area contributed by atoms with Gasteiger partial charge in [-0.15, -0.1) is 5.10 Å². The van der Waals surface area contributed by atoms with E-state index in [0.29, 0.717) is 6.61 Å². The van der Waals surface area contributed by atoms with Crippen LogP contribution in [0.1, 0.15) is 19.9 Å². The van der Waals surface area contributed by atoms with E-state index >= 15 is 0 Å². The fraction of sp³-hybridized carbons (Fsp3) is 0.333. The van der Waals surface area contributed by atoms with Crippen LogP contribution in [-0.4, -0.2) is 21.6 Å². The molecule has 0 amide bonds. The van der Waals surface area contributed by atoms with E-state index in [1.807, 2.05) is 41.9 Å². The minimum atomic E-state index is 0.138. The Kier molecular flexibility index (Phi) is 3.19. The van der Waals surface area contributed by atoms with Gasteiger partial charge in [0.15, 0.2) is 0 Å². The van der Waals surface area contributed by atoms with Crippen LogP contribution in [0, 0.1) is 0 Å². The molecule has 2 aromatic rings. The monoisotopic (exact) mass is 217 g/mol. The average molecular weight is 217 g/mol. The van der Waals surface area contributed by atoms with E-state index in [4.69, 9.17) is 4.74 Å². The number of ether oxygens (including phenoxy) is 1. The van der Waals surface area contributed by atoms with Crippen molar-refractivity contribution >= 4 is 11.0 Å². The summed E-state index contributed by atoms with van der Waals surface area (Å²) in [7, 11) is 0. The average Bonchev–Trinajstić information content (AvgIpc) is 2.73. The van der Waals surface area contributed by atoms with Gasteiger partial charge in [0.2, 0.25) is 0 Å². The Hall–Kier alpha value is -1.84. The van der Waals surface area contributed by atoms with Crippen LogP contribution in [0.25, 0.3) is 11.0 Å². The maximum Gasteiger partial charge on any atom is 0.113 e. The van der Waals surface area contributed by atoms with Crippen molar-refractivity contribution in [2.75, 3.05) is 6.61 Å². The molecule has 0 fully saturated rings. The maximum atomic E-state index is 5.17. The van der Waals surface area contributed by atoms with E-state index in [1.165, 1.54) is 0 Å². The summed E-state index contributed by atoms with van der Waals surface area (Å²) in [4.78, 5) is 0. The highest BCUT2D eigenvalue weighted by atomic mass is 16.5. The lowest BCUT2D eigenvalue weighted by Crippen LogP contribution is -2.04. The summed E-state index contributed by atoms with van der Waals surface area (Å²) in [5.41, 5.74) is 1.95. The first-order valence-corrected chi connectivity index (χ1v) is 5.41. The summed E-state index contributed by atoms with van der Waals surface area (Å²) in [6.45, 7) is 4.69. The molecule has 0 spiro atoms. The van der Waals surface area contributed by atoms with Crippen molar-refractivity contribution in [1.29, 1.82) is 0 Å². The Morgan fingerprint density at radius 3 is 3.06 bits per heavy atom. The molecule has 0 saturated heterocycles. The molecule has 1 aromatic heterocycles. The molecule has 1 heterocycles. The van der Waals surface area contributed by atoms with Crippen LogP contribution in [-0.2, 0) is 4.74 Å². The van der Waals surface area contributed by atoms with Crippen molar-refractivity contribution in [1.82, 2.24) is 15.0 Å². The van der Waals surface area contributed by atoms with E-state index in [2.05, 4.69) is 17.2 Å². The Balaban J connectivity index is 2.26. The van der Waals surface area contributed by atoms with Crippen molar-refractivity contribution in [3.05, 3.63) is 36.6 Å². The van der Waals surface area contributed by atoms with Gasteiger partial charge in [-0.3, -0.25) is 0 Å². The fourth-order valence-corrected chi connectivity index (χ4v) is 1.53. The molecule has 0 bridgehead atoms. The first kappa shape index (κ1) is 10.7. The number of allylic oxidation sites excluding steroid dienone is 1. The summed E-state index contributed by atoms with van der Waals surface area (Å²) in [5, 5.41) is 8.24. The predicted molar refractivity (Wildman–Crippen MR) is 63.0 cm³/mol. The zero-order valence-electron chi connectivity index (χ0n) is 9.50. The van der Waals surface area contributed by atoms with Gasteiger partial charge in [-0.25, -0.2) is 4.68 Å². The molecular formula is C12H15N3O. The highest BCUT2D eigenvalue weighted by Crippen LogP contribution is 2.15. The molecule has 1 unspecified atom stereocenters. The van der Waals surface area contributed by atoms with Crippen LogP contribution in [0.4, 0.5) is 0 Å². The summed E-state index contributed by atoms with van der Waals surface area (Å²) in [6.07, 6.45) is 3.67. The fourth-order valence-electron chi connectivity index (χ4n) is 1.53. The number of para-hydroxylation sites is 1. The topological polar surface area (TPSA) is 39.9 Å². The molecular weight excluding hydrogens is 202 g/mol. The van der Waals surface area contributed by atoms with E-state index < -0.39 is 0 Å². The smallest absolute Gasteiger partial charge is 0.113 e. The van der Waals surface area contributed by atoms with E-state index in [-0.39, 0.29) is 6.04 Å². The second-order valence-corrected chi connectivity index (χ2v) is 3.55. The maximum absolute atomic E-state index is 5.17. The zero-order chi connectivity index (χ0) is 11.4. The van der Waals surface area contributed by atoms with Gasteiger partial charge >= 0.3 is 0 Å². The molecule has 0 radical (unpaired) electrons. The predicted octanol–water partition coefficient (Wildman–Crippen LogP) is 2.54. The molecule has 0 aliphatic rings. The van der Waals surface area contributed by atoms with Crippen molar-refractivity contribution < 1.29 is 4.74 Å². The number of hydrogen-bond donors (Lipinski definition) is 0. The number of benzene rings is 1. The summed E-state index contributed by atoms with van der Waals surface area (Å²) in [6, 6.07) is 8.06. The van der Waals surface area contributed by atoms with Crippen LogP contribution in [0.15, 0.2) is 36.6 Å². The first-order valence-electron chi connectivity index (χ1n) is 5.41. The number of rotatable bonds is 4. The zero-order valence-corrected chi connectivity index (χ0v) is 9.50. The highest BCUT2D eigenvalue weighted by molar-refractivity contribution is 5.74. The second kappa shape index (κ2) is 4.79. The molecule has 4 nitrogen and oxygen atoms in total. The molecule has 0 N–H and O–H groups in total. The van der Waals surface area contributed by atoms with Gasteiger partial charge in [-0.05, 0) is 32.1 Å². The third-order valence-electron chi connectivity index (χ3n) is 2.38. The standard InChI is InChI=1S/C12H15N3O/c1-3-16-9-8-10(2)15-12-7-5-4-6-11(12)13-14-15/h4-10H,3H2,1-2H3. The minimum absolute atomic E-state index is 0.138. The van der Waals surface area contributed by atoms with E-state index in [1.54, 1.807) is 6.26 Å². The lowest BCUT2D eigenvalue weighted by molar-refractivity contribution is 0.266. The summed E-state index contributed by atoms with van der Waals surface area (Å²) < 4.78 is 7.05. The SMILES string of the molecule is CCOC=CC(C)n1nnc2ccccc21. The van der Waals surface area contributed by atoms with Gasteiger partial charge in [-0.2, -0.15) is 0 Å². The van der Waals surface area contributed by atoms with Crippen LogP contribution < -0.4 is 0 Å². The minimum Gasteiger partial charge on any atom is -0.502 e. The van der Waals surface area contributed by atoms with Crippen molar-refractivity contribution in [2.24, 2.45) is 0 Å². The van der Waals surface area contributed by atoms with Crippen molar-refractivity contribution in [3.8, 4) is 0 Å². The van der Waals surface area contributed by atoms with Gasteiger partial charge < -0.3 is 4.74 Å². The van der Waals surface area contributed by atoms with Gasteiger partial charge in [-0.1, -0.05) is 17.3 Å². The molecule has 1 aromatic carbocycles. The quantitative estimate of drug-likeness (QED) is 0.739. The molecule has 16 heavy (non-hydrogen) atoms. The van der Waals surface area contributed by atoms with Gasteiger partial charge in [0.05, 0.1) is 24.4 Å². The van der Waals surface area contributed by atoms with E-state index in [0.717, 1.165) is 11.0 Å². The molecule has 2 rings (SSSR count). The normalized spacial score (nSPS) is 13.4. The lowest BCUT2D eigenvalue weighted by Gasteiger charge is -2.06. The molecule has 0 aliphatic carbocycles. The largest absolute Gasteiger partial charge is 0.502 e. The first-order chi connectivity index (χ1) is 7.83. The Bertz CT molecular complexity index is 490. The third-order valence-corrected chi connectivity index (χ3v) is 2.38. The molecule has 1 atom stereocenters. The Labute approximate surface area is 94.5 Å². The summed E-state index contributed by atoms with van der Waals surface area (Å²) >= 11 is 0. The van der Waals surface area contributed by atoms with Crippen molar-refractivity contribution in [3.63, 3.8) is 0 Å². The number of aromatic nitrogens is 3. The molecule has 0 aliphatic heterocycles. The lowest BCUT2D eigenvalue weighted by atomic mass is 10.3. The number of nitrogens with zero attached hydrogens (tertiary/aromatic N) is 3. The van der Waals surface area contributed by atoms with Crippen LogP contribution in [0.2, 0.25) is 0 Å². The van der Waals surface area contributed by atoms with Gasteiger partial charge in [0.1, 0.15) is 5.52 Å². The molecule has 4 heteroatoms. The second-order valence-electron chi connectivity index (χ2n) is 3.55.